The number of primary amides is 1. The SMILES string of the molecule is NC(=O)c1c(NC(=S)NC(=O)/C=C/c2ccc(-c3ccc(Cl)cc3Cl)o2)sc2c1CCC2. The second kappa shape index (κ2) is 9.46. The summed E-state index contributed by atoms with van der Waals surface area (Å²) in [6.45, 7) is 0. The summed E-state index contributed by atoms with van der Waals surface area (Å²) >= 11 is 18.8. The van der Waals surface area contributed by atoms with Crippen LogP contribution in [0.2, 0.25) is 10.0 Å². The fourth-order valence-electron chi connectivity index (χ4n) is 3.48. The topological polar surface area (TPSA) is 97.4 Å². The van der Waals surface area contributed by atoms with Crippen LogP contribution in [0.5, 0.6) is 0 Å². The smallest absolute Gasteiger partial charge is 0.251 e. The van der Waals surface area contributed by atoms with Crippen LogP contribution in [0.15, 0.2) is 40.8 Å². The number of amides is 2. The van der Waals surface area contributed by atoms with E-state index in [-0.39, 0.29) is 5.11 Å². The summed E-state index contributed by atoms with van der Waals surface area (Å²) in [5, 5.41) is 7.11. The van der Waals surface area contributed by atoms with Gasteiger partial charge in [0, 0.05) is 21.5 Å². The minimum atomic E-state index is -0.504. The summed E-state index contributed by atoms with van der Waals surface area (Å²) in [6, 6.07) is 8.57. The summed E-state index contributed by atoms with van der Waals surface area (Å²) < 4.78 is 5.73. The second-order valence-electron chi connectivity index (χ2n) is 7.03. The third-order valence-electron chi connectivity index (χ3n) is 4.85. The summed E-state index contributed by atoms with van der Waals surface area (Å²) in [5.41, 5.74) is 7.67. The number of hydrogen-bond acceptors (Lipinski definition) is 5. The van der Waals surface area contributed by atoms with Crippen LogP contribution in [-0.2, 0) is 17.6 Å². The van der Waals surface area contributed by atoms with E-state index in [2.05, 4.69) is 10.6 Å². The average molecular weight is 506 g/mol. The number of benzene rings is 1. The van der Waals surface area contributed by atoms with Crippen molar-refractivity contribution in [1.29, 1.82) is 0 Å². The first-order valence-electron chi connectivity index (χ1n) is 9.61. The number of anilines is 1. The molecule has 0 bridgehead atoms. The molecule has 3 aromatic rings. The zero-order chi connectivity index (χ0) is 22.8. The maximum Gasteiger partial charge on any atom is 0.251 e. The largest absolute Gasteiger partial charge is 0.457 e. The molecular weight excluding hydrogens is 489 g/mol. The number of fused-ring (bicyclic) bond motifs is 1. The molecule has 6 nitrogen and oxygen atoms in total. The number of aryl methyl sites for hydroxylation is 1. The Morgan fingerprint density at radius 3 is 2.75 bits per heavy atom. The van der Waals surface area contributed by atoms with Gasteiger partial charge in [0.25, 0.3) is 5.91 Å². The van der Waals surface area contributed by atoms with E-state index in [1.807, 2.05) is 0 Å². The Kier molecular flexibility index (Phi) is 6.66. The molecule has 0 atom stereocenters. The Morgan fingerprint density at radius 2 is 2.00 bits per heavy atom. The van der Waals surface area contributed by atoms with Crippen LogP contribution in [0.25, 0.3) is 17.4 Å². The number of carbonyl (C=O) groups is 2. The van der Waals surface area contributed by atoms with Crippen molar-refractivity contribution in [2.24, 2.45) is 5.73 Å². The van der Waals surface area contributed by atoms with Crippen molar-refractivity contribution >= 4 is 74.8 Å². The van der Waals surface area contributed by atoms with E-state index in [9.17, 15) is 9.59 Å². The molecule has 10 heteroatoms. The van der Waals surface area contributed by atoms with Gasteiger partial charge in [-0.05, 0) is 73.5 Å². The predicted molar refractivity (Wildman–Crippen MR) is 132 cm³/mol. The molecule has 0 aliphatic heterocycles. The number of nitrogens with one attached hydrogen (secondary N) is 2. The number of hydrogen-bond donors (Lipinski definition) is 3. The molecule has 4 N–H and O–H groups in total. The van der Waals surface area contributed by atoms with E-state index in [0.29, 0.717) is 37.7 Å². The quantitative estimate of drug-likeness (QED) is 0.317. The number of carbonyl (C=O) groups excluding carboxylic acids is 2. The normalized spacial score (nSPS) is 12.7. The molecule has 0 radical (unpaired) electrons. The Bertz CT molecular complexity index is 1260. The van der Waals surface area contributed by atoms with Crippen molar-refractivity contribution in [3.8, 4) is 11.3 Å². The van der Waals surface area contributed by atoms with E-state index in [1.165, 1.54) is 23.5 Å². The molecule has 1 aromatic carbocycles. The van der Waals surface area contributed by atoms with Gasteiger partial charge in [-0.15, -0.1) is 11.3 Å². The van der Waals surface area contributed by atoms with Gasteiger partial charge in [-0.25, -0.2) is 0 Å². The molecule has 2 heterocycles. The van der Waals surface area contributed by atoms with E-state index in [4.69, 9.17) is 45.6 Å². The van der Waals surface area contributed by atoms with Crippen molar-refractivity contribution in [1.82, 2.24) is 5.32 Å². The molecule has 1 aliphatic carbocycles. The van der Waals surface area contributed by atoms with Gasteiger partial charge in [-0.1, -0.05) is 23.2 Å². The number of furan rings is 1. The van der Waals surface area contributed by atoms with Gasteiger partial charge in [0.05, 0.1) is 10.6 Å². The molecule has 1 aliphatic rings. The summed E-state index contributed by atoms with van der Waals surface area (Å²) in [5.74, 6) is 0.0596. The number of thiocarbonyl (C=S) groups is 1. The highest BCUT2D eigenvalue weighted by atomic mass is 35.5. The van der Waals surface area contributed by atoms with Crippen LogP contribution in [0.1, 0.15) is 33.0 Å². The maximum atomic E-state index is 12.3. The highest BCUT2D eigenvalue weighted by molar-refractivity contribution is 7.80. The van der Waals surface area contributed by atoms with Crippen molar-refractivity contribution < 1.29 is 14.0 Å². The third kappa shape index (κ3) is 4.88. The molecule has 32 heavy (non-hydrogen) atoms. The van der Waals surface area contributed by atoms with Crippen molar-refractivity contribution in [3.63, 3.8) is 0 Å². The Labute approximate surface area is 203 Å². The summed E-state index contributed by atoms with van der Waals surface area (Å²) in [7, 11) is 0. The first-order valence-corrected chi connectivity index (χ1v) is 11.6. The molecule has 2 amide bonds. The lowest BCUT2D eigenvalue weighted by atomic mass is 10.1. The zero-order valence-electron chi connectivity index (χ0n) is 16.5. The molecule has 0 unspecified atom stereocenters. The molecule has 0 saturated heterocycles. The number of rotatable bonds is 5. The number of nitrogens with two attached hydrogens (primary N) is 1. The van der Waals surface area contributed by atoms with Crippen LogP contribution < -0.4 is 16.4 Å². The molecule has 164 valence electrons. The number of halogens is 2. The van der Waals surface area contributed by atoms with Crippen molar-refractivity contribution in [2.45, 2.75) is 19.3 Å². The van der Waals surface area contributed by atoms with Crippen LogP contribution in [-0.4, -0.2) is 16.9 Å². The van der Waals surface area contributed by atoms with Crippen LogP contribution in [0.4, 0.5) is 5.00 Å². The van der Waals surface area contributed by atoms with E-state index in [0.717, 1.165) is 29.7 Å². The fraction of sp³-hybridized carbons (Fsp3) is 0.136. The highest BCUT2D eigenvalue weighted by Gasteiger charge is 2.25. The van der Waals surface area contributed by atoms with Gasteiger partial charge in [-0.2, -0.15) is 0 Å². The Morgan fingerprint density at radius 1 is 1.19 bits per heavy atom. The summed E-state index contributed by atoms with van der Waals surface area (Å²) in [6.07, 6.45) is 5.55. The second-order valence-corrected chi connectivity index (χ2v) is 9.39. The molecule has 4 rings (SSSR count). The van der Waals surface area contributed by atoms with Gasteiger partial charge in [0.15, 0.2) is 5.11 Å². The monoisotopic (exact) mass is 505 g/mol. The number of thiophene rings is 1. The molecule has 0 saturated carbocycles. The van der Waals surface area contributed by atoms with E-state index < -0.39 is 11.8 Å². The van der Waals surface area contributed by atoms with Gasteiger partial charge >= 0.3 is 0 Å². The minimum absolute atomic E-state index is 0.0788. The average Bonchev–Trinajstić information content (AvgIpc) is 3.42. The predicted octanol–water partition coefficient (Wildman–Crippen LogP) is 5.43. The van der Waals surface area contributed by atoms with Gasteiger partial charge in [0.1, 0.15) is 16.5 Å². The van der Waals surface area contributed by atoms with Gasteiger partial charge in [-0.3, -0.25) is 14.9 Å². The standard InChI is InChI=1S/C22H17Cl2N3O3S2/c23-11-4-7-13(15(24)10-11)16-8-5-12(30-16)6-9-18(28)26-22(31)27-21-19(20(25)29)14-2-1-3-17(14)32-21/h4-10H,1-3H2,(H2,25,29)(H2,26,27,28,31)/b9-6+. The third-order valence-corrected chi connectivity index (χ3v) is 6.81. The van der Waals surface area contributed by atoms with Crippen LogP contribution in [0, 0.1) is 0 Å². The van der Waals surface area contributed by atoms with Crippen molar-refractivity contribution in [2.75, 3.05) is 5.32 Å². The van der Waals surface area contributed by atoms with Gasteiger partial charge < -0.3 is 15.5 Å². The Balaban J connectivity index is 1.39. The fourth-order valence-corrected chi connectivity index (χ4v) is 5.54. The first-order chi connectivity index (χ1) is 15.3. The maximum absolute atomic E-state index is 12.3. The highest BCUT2D eigenvalue weighted by Crippen LogP contribution is 2.38. The van der Waals surface area contributed by atoms with Gasteiger partial charge in [0.2, 0.25) is 5.91 Å². The minimum Gasteiger partial charge on any atom is -0.457 e. The van der Waals surface area contributed by atoms with E-state index >= 15 is 0 Å². The van der Waals surface area contributed by atoms with Crippen LogP contribution >= 0.6 is 46.8 Å². The first kappa shape index (κ1) is 22.5. The van der Waals surface area contributed by atoms with E-state index in [1.54, 1.807) is 30.3 Å². The lowest BCUT2D eigenvalue weighted by molar-refractivity contribution is -0.115. The Hall–Kier alpha value is -2.65. The molecule has 2 aromatic heterocycles. The van der Waals surface area contributed by atoms with Crippen molar-refractivity contribution in [3.05, 3.63) is 68.2 Å². The molecule has 0 spiro atoms. The molecular formula is C22H17Cl2N3O3S2. The summed E-state index contributed by atoms with van der Waals surface area (Å²) in [4.78, 5) is 25.3. The lowest BCUT2D eigenvalue weighted by Crippen LogP contribution is -2.33. The lowest BCUT2D eigenvalue weighted by Gasteiger charge is -2.08. The zero-order valence-corrected chi connectivity index (χ0v) is 19.7. The molecule has 0 fully saturated rings. The van der Waals surface area contributed by atoms with Crippen LogP contribution in [0.3, 0.4) is 0 Å².